The number of hydrogen-bond donors (Lipinski definition) is 0. The first-order valence-electron chi connectivity index (χ1n) is 6.99. The molecule has 1 aliphatic heterocycles. The molecular weight excluding hydrogens is 262 g/mol. The van der Waals surface area contributed by atoms with Crippen LogP contribution in [0.3, 0.4) is 0 Å². The molecule has 0 bridgehead atoms. The minimum atomic E-state index is -1.03. The highest BCUT2D eigenvalue weighted by molar-refractivity contribution is 6.01. The van der Waals surface area contributed by atoms with Crippen LogP contribution in [0.15, 0.2) is 12.2 Å². The monoisotopic (exact) mass is 283 g/mol. The van der Waals surface area contributed by atoms with Crippen LogP contribution >= 0.6 is 0 Å². The molecule has 1 fully saturated rings. The predicted molar refractivity (Wildman–Crippen MR) is 71.4 cm³/mol. The van der Waals surface area contributed by atoms with Crippen LogP contribution in [0.1, 0.15) is 52.4 Å². The van der Waals surface area contributed by atoms with E-state index in [4.69, 9.17) is 4.74 Å². The lowest BCUT2D eigenvalue weighted by molar-refractivity contribution is -0.178. The van der Waals surface area contributed by atoms with E-state index in [9.17, 15) is 14.4 Å². The minimum Gasteiger partial charge on any atom is -0.425 e. The topological polar surface area (TPSA) is 72.9 Å². The fourth-order valence-corrected chi connectivity index (χ4v) is 1.71. The largest absolute Gasteiger partial charge is 0.534 e. The third-order valence-electron chi connectivity index (χ3n) is 2.90. The Morgan fingerprint density at radius 2 is 1.95 bits per heavy atom. The molecule has 0 radical (unpaired) electrons. The van der Waals surface area contributed by atoms with Gasteiger partial charge in [0, 0.05) is 12.8 Å². The van der Waals surface area contributed by atoms with E-state index < -0.39 is 24.1 Å². The standard InChI is InChI=1S/C14H21NO5/c1-3-5-6-7-8-11(4-2)19-14(18)20-15-12(16)9-10-13(15)17/h7-8,11H,3-6,9-10H2,1-2H3/b8-7+. The number of carbonyl (C=O) groups excluding carboxylic acids is 3. The summed E-state index contributed by atoms with van der Waals surface area (Å²) in [5.41, 5.74) is 0. The lowest BCUT2D eigenvalue weighted by atomic mass is 10.2. The summed E-state index contributed by atoms with van der Waals surface area (Å²) in [5, 5.41) is 0.482. The summed E-state index contributed by atoms with van der Waals surface area (Å²) in [4.78, 5) is 38.7. The van der Waals surface area contributed by atoms with Crippen molar-refractivity contribution >= 4 is 18.0 Å². The Kier molecular flexibility index (Phi) is 6.76. The average molecular weight is 283 g/mol. The van der Waals surface area contributed by atoms with Crippen molar-refractivity contribution in [2.24, 2.45) is 0 Å². The van der Waals surface area contributed by atoms with Gasteiger partial charge in [-0.3, -0.25) is 14.4 Å². The van der Waals surface area contributed by atoms with Crippen LogP contribution < -0.4 is 0 Å². The van der Waals surface area contributed by atoms with Gasteiger partial charge in [-0.25, -0.2) is 4.79 Å². The molecule has 0 aromatic heterocycles. The third-order valence-corrected chi connectivity index (χ3v) is 2.90. The molecule has 1 saturated heterocycles. The SMILES string of the molecule is CCCC/C=C/C(CC)OC(=O)ON1C(=O)CCC1=O. The van der Waals surface area contributed by atoms with Gasteiger partial charge in [0.1, 0.15) is 6.10 Å². The highest BCUT2D eigenvalue weighted by atomic mass is 16.8. The quantitative estimate of drug-likeness (QED) is 0.311. The Balaban J connectivity index is 2.41. The van der Waals surface area contributed by atoms with Crippen LogP contribution in [0.5, 0.6) is 0 Å². The maximum Gasteiger partial charge on any atom is 0.534 e. The number of hydroxylamine groups is 2. The Bertz CT molecular complexity index is 375. The molecule has 0 saturated carbocycles. The second-order valence-electron chi connectivity index (χ2n) is 4.56. The predicted octanol–water partition coefficient (Wildman–Crippen LogP) is 2.73. The second kappa shape index (κ2) is 8.35. The summed E-state index contributed by atoms with van der Waals surface area (Å²) < 4.78 is 5.04. The summed E-state index contributed by atoms with van der Waals surface area (Å²) in [7, 11) is 0. The highest BCUT2D eigenvalue weighted by Gasteiger charge is 2.33. The molecule has 0 N–H and O–H groups in total. The molecule has 6 heteroatoms. The van der Waals surface area contributed by atoms with Crippen molar-refractivity contribution in [2.75, 3.05) is 0 Å². The van der Waals surface area contributed by atoms with Crippen LogP contribution in [-0.2, 0) is 19.2 Å². The van der Waals surface area contributed by atoms with Gasteiger partial charge in [0.05, 0.1) is 0 Å². The molecule has 1 atom stereocenters. The number of imide groups is 1. The average Bonchev–Trinajstić information content (AvgIpc) is 2.74. The van der Waals surface area contributed by atoms with Crippen LogP contribution in [0.25, 0.3) is 0 Å². The number of ether oxygens (including phenoxy) is 1. The van der Waals surface area contributed by atoms with Crippen LogP contribution in [0.4, 0.5) is 4.79 Å². The molecule has 1 unspecified atom stereocenters. The summed E-state index contributed by atoms with van der Waals surface area (Å²) >= 11 is 0. The molecule has 112 valence electrons. The van der Waals surface area contributed by atoms with E-state index >= 15 is 0 Å². The lowest BCUT2D eigenvalue weighted by Gasteiger charge is -2.15. The van der Waals surface area contributed by atoms with Crippen LogP contribution in [-0.4, -0.2) is 29.1 Å². The van der Waals surface area contributed by atoms with Gasteiger partial charge < -0.3 is 4.74 Å². The van der Waals surface area contributed by atoms with E-state index in [1.54, 1.807) is 6.08 Å². The van der Waals surface area contributed by atoms with Gasteiger partial charge in [0.2, 0.25) is 0 Å². The Labute approximate surface area is 118 Å². The summed E-state index contributed by atoms with van der Waals surface area (Å²) in [5.74, 6) is -1.03. The fraction of sp³-hybridized carbons (Fsp3) is 0.643. The van der Waals surface area contributed by atoms with Crippen molar-refractivity contribution in [3.05, 3.63) is 12.2 Å². The van der Waals surface area contributed by atoms with Crippen molar-refractivity contribution in [2.45, 2.75) is 58.5 Å². The lowest BCUT2D eigenvalue weighted by Crippen LogP contribution is -2.33. The number of nitrogens with zero attached hydrogens (tertiary/aromatic N) is 1. The molecule has 1 aliphatic rings. The number of hydrogen-bond acceptors (Lipinski definition) is 5. The number of unbranched alkanes of at least 4 members (excludes halogenated alkanes) is 2. The maximum atomic E-state index is 11.5. The molecule has 0 aliphatic carbocycles. The van der Waals surface area contributed by atoms with Gasteiger partial charge in [-0.1, -0.05) is 37.8 Å². The third kappa shape index (κ3) is 5.03. The molecule has 0 spiro atoms. The zero-order chi connectivity index (χ0) is 15.0. The van der Waals surface area contributed by atoms with Crippen molar-refractivity contribution in [1.29, 1.82) is 0 Å². The van der Waals surface area contributed by atoms with Gasteiger partial charge in [0.25, 0.3) is 11.8 Å². The van der Waals surface area contributed by atoms with Crippen LogP contribution in [0, 0.1) is 0 Å². The zero-order valence-electron chi connectivity index (χ0n) is 12.0. The zero-order valence-corrected chi connectivity index (χ0v) is 12.0. The van der Waals surface area contributed by atoms with Gasteiger partial charge >= 0.3 is 6.16 Å². The van der Waals surface area contributed by atoms with Gasteiger partial charge in [0.15, 0.2) is 0 Å². The number of rotatable bonds is 7. The molecule has 1 heterocycles. The first-order valence-corrected chi connectivity index (χ1v) is 6.99. The molecule has 1 rings (SSSR count). The number of amides is 2. The molecule has 6 nitrogen and oxygen atoms in total. The van der Waals surface area contributed by atoms with Gasteiger partial charge in [-0.05, 0) is 18.9 Å². The van der Waals surface area contributed by atoms with E-state index in [1.165, 1.54) is 0 Å². The van der Waals surface area contributed by atoms with Crippen molar-refractivity contribution in [1.82, 2.24) is 5.06 Å². The highest BCUT2D eigenvalue weighted by Crippen LogP contribution is 2.13. The van der Waals surface area contributed by atoms with Gasteiger partial charge in [-0.15, -0.1) is 0 Å². The Morgan fingerprint density at radius 1 is 1.30 bits per heavy atom. The van der Waals surface area contributed by atoms with Crippen molar-refractivity contribution < 1.29 is 24.0 Å². The Hall–Kier alpha value is -1.85. The summed E-state index contributed by atoms with van der Waals surface area (Å²) in [6.45, 7) is 3.97. The molecule has 20 heavy (non-hydrogen) atoms. The number of carbonyl (C=O) groups is 3. The van der Waals surface area contributed by atoms with E-state index in [-0.39, 0.29) is 12.8 Å². The first-order chi connectivity index (χ1) is 9.58. The minimum absolute atomic E-state index is 0.0697. The summed E-state index contributed by atoms with van der Waals surface area (Å²) in [6, 6.07) is 0. The van der Waals surface area contributed by atoms with Crippen molar-refractivity contribution in [3.8, 4) is 0 Å². The van der Waals surface area contributed by atoms with E-state index in [1.807, 2.05) is 13.0 Å². The maximum absolute atomic E-state index is 11.5. The smallest absolute Gasteiger partial charge is 0.425 e. The molecule has 0 aromatic carbocycles. The second-order valence-corrected chi connectivity index (χ2v) is 4.56. The molecule has 2 amide bonds. The molecule has 0 aromatic rings. The Morgan fingerprint density at radius 3 is 2.50 bits per heavy atom. The van der Waals surface area contributed by atoms with E-state index in [2.05, 4.69) is 11.8 Å². The summed E-state index contributed by atoms with van der Waals surface area (Å²) in [6.07, 6.45) is 6.15. The molecular formula is C14H21NO5. The van der Waals surface area contributed by atoms with Gasteiger partial charge in [-0.2, -0.15) is 0 Å². The van der Waals surface area contributed by atoms with Crippen LogP contribution in [0.2, 0.25) is 0 Å². The first kappa shape index (κ1) is 16.2. The number of allylic oxidation sites excluding steroid dienone is 1. The van der Waals surface area contributed by atoms with Crippen molar-refractivity contribution in [3.63, 3.8) is 0 Å². The fourth-order valence-electron chi connectivity index (χ4n) is 1.71. The van der Waals surface area contributed by atoms with E-state index in [0.717, 1.165) is 19.3 Å². The normalized spacial score (nSPS) is 16.8. The van der Waals surface area contributed by atoms with E-state index in [0.29, 0.717) is 11.5 Å².